The molecule has 0 aliphatic rings. The Bertz CT molecular complexity index is 1770. The Kier molecular flexibility index (Phi) is 6.54. The van der Waals surface area contributed by atoms with Crippen molar-refractivity contribution in [2.75, 3.05) is 0 Å². The molecule has 0 aliphatic heterocycles. The molecule has 1 heterocycles. The number of benzene rings is 5. The van der Waals surface area contributed by atoms with Crippen molar-refractivity contribution in [1.82, 2.24) is 4.98 Å². The molecule has 6 rings (SSSR count). The lowest BCUT2D eigenvalue weighted by Gasteiger charge is -2.23. The molecule has 0 amide bonds. The minimum Gasteiger partial charge on any atom is -0.490 e. The minimum absolute atomic E-state index is 0.0107. The first kappa shape index (κ1) is 24.7. The quantitative estimate of drug-likeness (QED) is 0.213. The van der Waals surface area contributed by atoms with Gasteiger partial charge in [-0.2, -0.15) is 0 Å². The highest BCUT2D eigenvalue weighted by molar-refractivity contribution is 6.12. The van der Waals surface area contributed by atoms with Gasteiger partial charge in [0.2, 0.25) is 5.89 Å². The molecule has 1 aromatic heterocycles. The van der Waals surface area contributed by atoms with Crippen molar-refractivity contribution in [2.45, 2.75) is 39.9 Å². The number of fused-ring (bicyclic) bond motifs is 2. The fourth-order valence-electron chi connectivity index (χ4n) is 5.09. The van der Waals surface area contributed by atoms with Gasteiger partial charge in [0.25, 0.3) is 0 Å². The van der Waals surface area contributed by atoms with Gasteiger partial charge in [0.15, 0.2) is 5.76 Å². The lowest BCUT2D eigenvalue weighted by molar-refractivity contribution is 0.240. The van der Waals surface area contributed by atoms with E-state index >= 15 is 0 Å². The van der Waals surface area contributed by atoms with Crippen LogP contribution in [-0.2, 0) is 0 Å². The molecule has 194 valence electrons. The molecule has 5 aromatic carbocycles. The number of aromatic nitrogens is 1. The number of ether oxygens (including phenoxy) is 2. The van der Waals surface area contributed by atoms with Gasteiger partial charge in [0.05, 0.1) is 24.0 Å². The Morgan fingerprint density at radius 2 is 1.28 bits per heavy atom. The van der Waals surface area contributed by atoms with Gasteiger partial charge in [-0.15, -0.1) is 0 Å². The van der Waals surface area contributed by atoms with Crippen LogP contribution in [0.2, 0.25) is 0 Å². The summed E-state index contributed by atoms with van der Waals surface area (Å²) in [6.45, 7) is 8.21. The molecule has 0 spiro atoms. The van der Waals surface area contributed by atoms with Crippen molar-refractivity contribution in [3.8, 4) is 45.4 Å². The van der Waals surface area contributed by atoms with E-state index in [9.17, 15) is 0 Å². The zero-order valence-electron chi connectivity index (χ0n) is 22.6. The maximum absolute atomic E-state index is 6.67. The Morgan fingerprint density at radius 1 is 0.641 bits per heavy atom. The van der Waals surface area contributed by atoms with Gasteiger partial charge in [0.1, 0.15) is 11.5 Å². The van der Waals surface area contributed by atoms with E-state index in [1.54, 1.807) is 6.20 Å². The first-order valence-corrected chi connectivity index (χ1v) is 13.4. The summed E-state index contributed by atoms with van der Waals surface area (Å²) in [5.74, 6) is 2.81. The zero-order valence-corrected chi connectivity index (χ0v) is 22.6. The third kappa shape index (κ3) is 4.74. The highest BCUT2D eigenvalue weighted by atomic mass is 16.5. The summed E-state index contributed by atoms with van der Waals surface area (Å²) in [6, 6.07) is 33.1. The topological polar surface area (TPSA) is 44.5 Å². The van der Waals surface area contributed by atoms with Crippen molar-refractivity contribution < 1.29 is 13.9 Å². The summed E-state index contributed by atoms with van der Waals surface area (Å²) in [7, 11) is 0. The van der Waals surface area contributed by atoms with E-state index in [-0.39, 0.29) is 12.2 Å². The molecule has 4 heteroatoms. The van der Waals surface area contributed by atoms with Crippen LogP contribution in [-0.4, -0.2) is 17.2 Å². The van der Waals surface area contributed by atoms with Crippen molar-refractivity contribution >= 4 is 21.5 Å². The maximum Gasteiger partial charge on any atom is 0.226 e. The predicted octanol–water partition coefficient (Wildman–Crippen LogP) is 9.56. The van der Waals surface area contributed by atoms with E-state index in [0.717, 1.165) is 55.3 Å². The molecule has 0 fully saturated rings. The summed E-state index contributed by atoms with van der Waals surface area (Å²) in [5.41, 5.74) is 3.79. The third-order valence-corrected chi connectivity index (χ3v) is 6.65. The predicted molar refractivity (Wildman–Crippen MR) is 159 cm³/mol. The van der Waals surface area contributed by atoms with Gasteiger partial charge in [-0.05, 0) is 73.5 Å². The van der Waals surface area contributed by atoms with E-state index in [1.165, 1.54) is 0 Å². The second-order valence-electron chi connectivity index (χ2n) is 10.2. The summed E-state index contributed by atoms with van der Waals surface area (Å²) in [6.07, 6.45) is 1.74. The molecule has 6 aromatic rings. The van der Waals surface area contributed by atoms with Crippen LogP contribution >= 0.6 is 0 Å². The van der Waals surface area contributed by atoms with Crippen LogP contribution in [0.25, 0.3) is 55.4 Å². The first-order valence-electron chi connectivity index (χ1n) is 13.4. The molecular weight excluding hydrogens is 482 g/mol. The Labute approximate surface area is 228 Å². The van der Waals surface area contributed by atoms with Crippen molar-refractivity contribution in [3.05, 3.63) is 103 Å². The fourth-order valence-corrected chi connectivity index (χ4v) is 5.09. The van der Waals surface area contributed by atoms with Crippen LogP contribution in [0.1, 0.15) is 27.7 Å². The molecule has 0 N–H and O–H groups in total. The Balaban J connectivity index is 1.71. The Hall–Kier alpha value is -4.57. The Morgan fingerprint density at radius 3 is 2.00 bits per heavy atom. The molecule has 0 saturated carbocycles. The fraction of sp³-hybridized carbons (Fsp3) is 0.171. The van der Waals surface area contributed by atoms with Gasteiger partial charge >= 0.3 is 0 Å². The van der Waals surface area contributed by atoms with Gasteiger partial charge in [-0.1, -0.05) is 72.8 Å². The average Bonchev–Trinajstić information content (AvgIpc) is 3.43. The van der Waals surface area contributed by atoms with Crippen LogP contribution in [0, 0.1) is 0 Å². The summed E-state index contributed by atoms with van der Waals surface area (Å²) in [5, 5.41) is 4.41. The monoisotopic (exact) mass is 513 g/mol. The highest BCUT2D eigenvalue weighted by Crippen LogP contribution is 2.50. The van der Waals surface area contributed by atoms with Crippen LogP contribution in [0.4, 0.5) is 0 Å². The average molecular weight is 514 g/mol. The molecule has 0 radical (unpaired) electrons. The van der Waals surface area contributed by atoms with E-state index in [2.05, 4.69) is 85.6 Å². The number of hydrogen-bond donors (Lipinski definition) is 0. The van der Waals surface area contributed by atoms with Crippen molar-refractivity contribution in [1.29, 1.82) is 0 Å². The standard InChI is InChI=1S/C35H31NO3/c1-22(2)37-30-19-18-24-12-8-10-16-27(24)32(30)33-28-17-11-9-15-26(28)20-29(34(33)38-23(3)4)31-21-36-35(39-31)25-13-6-5-7-14-25/h5-23H,1-4H3. The lowest BCUT2D eigenvalue weighted by Crippen LogP contribution is -2.10. The maximum atomic E-state index is 6.67. The molecule has 4 nitrogen and oxygen atoms in total. The zero-order chi connectivity index (χ0) is 26.9. The van der Waals surface area contributed by atoms with E-state index in [4.69, 9.17) is 13.9 Å². The second-order valence-corrected chi connectivity index (χ2v) is 10.2. The number of hydrogen-bond acceptors (Lipinski definition) is 4. The van der Waals surface area contributed by atoms with Crippen LogP contribution in [0.5, 0.6) is 11.5 Å². The smallest absolute Gasteiger partial charge is 0.226 e. The first-order chi connectivity index (χ1) is 19.0. The highest BCUT2D eigenvalue weighted by Gasteiger charge is 2.25. The molecule has 0 bridgehead atoms. The minimum atomic E-state index is -0.0652. The van der Waals surface area contributed by atoms with Gasteiger partial charge in [0, 0.05) is 16.7 Å². The molecule has 0 aliphatic carbocycles. The largest absolute Gasteiger partial charge is 0.490 e. The van der Waals surface area contributed by atoms with Gasteiger partial charge < -0.3 is 13.9 Å². The summed E-state index contributed by atoms with van der Waals surface area (Å²) >= 11 is 0. The molecule has 0 unspecified atom stereocenters. The van der Waals surface area contributed by atoms with E-state index < -0.39 is 0 Å². The van der Waals surface area contributed by atoms with Gasteiger partial charge in [-0.3, -0.25) is 0 Å². The lowest BCUT2D eigenvalue weighted by atomic mass is 9.89. The summed E-state index contributed by atoms with van der Waals surface area (Å²) < 4.78 is 19.5. The van der Waals surface area contributed by atoms with E-state index in [0.29, 0.717) is 11.7 Å². The second kappa shape index (κ2) is 10.3. The third-order valence-electron chi connectivity index (χ3n) is 6.65. The molecule has 0 saturated heterocycles. The van der Waals surface area contributed by atoms with Crippen LogP contribution in [0.15, 0.2) is 108 Å². The number of nitrogens with zero attached hydrogens (tertiary/aromatic N) is 1. The molecule has 0 atom stereocenters. The number of oxazole rings is 1. The van der Waals surface area contributed by atoms with Crippen molar-refractivity contribution in [3.63, 3.8) is 0 Å². The summed E-state index contributed by atoms with van der Waals surface area (Å²) in [4.78, 5) is 4.63. The SMILES string of the molecule is CC(C)Oc1ccc2ccccc2c1-c1c(OC(C)C)c(-c2cnc(-c3ccccc3)o2)cc2ccccc12. The normalized spacial score (nSPS) is 11.5. The van der Waals surface area contributed by atoms with E-state index in [1.807, 2.05) is 44.2 Å². The van der Waals surface area contributed by atoms with Crippen LogP contribution < -0.4 is 9.47 Å². The van der Waals surface area contributed by atoms with Crippen LogP contribution in [0.3, 0.4) is 0 Å². The number of rotatable bonds is 7. The molecule has 39 heavy (non-hydrogen) atoms. The van der Waals surface area contributed by atoms with Gasteiger partial charge in [-0.25, -0.2) is 4.98 Å². The van der Waals surface area contributed by atoms with Crippen molar-refractivity contribution in [2.24, 2.45) is 0 Å². The molecular formula is C35H31NO3.